The molecule has 2 aromatic rings. The maximum Gasteiger partial charge on any atom is 0.186 e. The molecule has 1 aromatic carbocycles. The molecule has 1 aliphatic heterocycles. The molecule has 1 aliphatic rings. The fourth-order valence-electron chi connectivity index (χ4n) is 2.24. The van der Waals surface area contributed by atoms with Crippen molar-refractivity contribution in [3.8, 4) is 0 Å². The molecule has 3 rings (SSSR count). The highest BCUT2D eigenvalue weighted by molar-refractivity contribution is 9.10. The number of benzene rings is 1. The van der Waals surface area contributed by atoms with Gasteiger partial charge in [-0.25, -0.2) is 4.98 Å². The van der Waals surface area contributed by atoms with Crippen molar-refractivity contribution in [2.75, 3.05) is 36.0 Å². The normalized spacial score (nSPS) is 15.9. The first-order valence-corrected chi connectivity index (χ1v) is 8.14. The molecule has 0 atom stereocenters. The number of nitrogens with zero attached hydrogens (tertiary/aromatic N) is 3. The monoisotopic (exact) mass is 357 g/mol. The first-order valence-electron chi connectivity index (χ1n) is 6.09. The Morgan fingerprint density at radius 2 is 1.79 bits per heavy atom. The van der Waals surface area contributed by atoms with Crippen LogP contribution in [-0.2, 0) is 0 Å². The third-order valence-electron chi connectivity index (χ3n) is 3.21. The van der Waals surface area contributed by atoms with Crippen LogP contribution >= 0.6 is 38.9 Å². The van der Waals surface area contributed by atoms with Crippen molar-refractivity contribution in [1.82, 2.24) is 4.98 Å². The Morgan fingerprint density at radius 3 is 2.42 bits per heavy atom. The van der Waals surface area contributed by atoms with Crippen LogP contribution in [0.5, 0.6) is 0 Å². The van der Waals surface area contributed by atoms with E-state index in [0.717, 1.165) is 46.6 Å². The van der Waals surface area contributed by atoms with Crippen LogP contribution in [0.2, 0.25) is 5.02 Å². The van der Waals surface area contributed by atoms with Crippen LogP contribution in [0.15, 0.2) is 34.2 Å². The largest absolute Gasteiger partial charge is 0.367 e. The molecule has 1 aromatic heterocycles. The van der Waals surface area contributed by atoms with Gasteiger partial charge in [-0.3, -0.25) is 0 Å². The second-order valence-electron chi connectivity index (χ2n) is 4.38. The molecular formula is C13H13BrClN3S. The van der Waals surface area contributed by atoms with Crippen molar-refractivity contribution in [3.63, 3.8) is 0 Å². The van der Waals surface area contributed by atoms with E-state index in [0.29, 0.717) is 0 Å². The molecule has 1 saturated heterocycles. The van der Waals surface area contributed by atoms with Crippen LogP contribution in [0.25, 0.3) is 0 Å². The molecule has 6 heteroatoms. The Morgan fingerprint density at radius 1 is 1.11 bits per heavy atom. The summed E-state index contributed by atoms with van der Waals surface area (Å²) in [6.07, 6.45) is 0. The van der Waals surface area contributed by atoms with E-state index in [9.17, 15) is 0 Å². The van der Waals surface area contributed by atoms with Gasteiger partial charge in [0, 0.05) is 31.6 Å². The molecule has 19 heavy (non-hydrogen) atoms. The van der Waals surface area contributed by atoms with E-state index in [4.69, 9.17) is 11.6 Å². The maximum absolute atomic E-state index is 6.24. The molecule has 0 spiro atoms. The van der Waals surface area contributed by atoms with Crippen LogP contribution in [0.1, 0.15) is 0 Å². The van der Waals surface area contributed by atoms with Crippen molar-refractivity contribution in [2.45, 2.75) is 0 Å². The van der Waals surface area contributed by atoms with Gasteiger partial charge >= 0.3 is 0 Å². The Kier molecular flexibility index (Phi) is 3.96. The van der Waals surface area contributed by atoms with Crippen molar-refractivity contribution < 1.29 is 0 Å². The number of aromatic nitrogens is 1. The Balaban J connectivity index is 1.68. The number of piperazine rings is 1. The molecule has 0 N–H and O–H groups in total. The molecule has 0 bridgehead atoms. The van der Waals surface area contributed by atoms with Gasteiger partial charge in [-0.1, -0.05) is 23.7 Å². The number of para-hydroxylation sites is 1. The van der Waals surface area contributed by atoms with Crippen molar-refractivity contribution in [2.24, 2.45) is 0 Å². The van der Waals surface area contributed by atoms with Gasteiger partial charge in [0.15, 0.2) is 5.13 Å². The highest BCUT2D eigenvalue weighted by Crippen LogP contribution is 2.28. The van der Waals surface area contributed by atoms with E-state index >= 15 is 0 Å². The Labute approximate surface area is 129 Å². The minimum atomic E-state index is 0.827. The van der Waals surface area contributed by atoms with E-state index in [2.05, 4.69) is 36.8 Å². The lowest BCUT2D eigenvalue weighted by atomic mass is 10.2. The van der Waals surface area contributed by atoms with Gasteiger partial charge < -0.3 is 9.80 Å². The van der Waals surface area contributed by atoms with Gasteiger partial charge in [-0.2, -0.15) is 0 Å². The summed E-state index contributed by atoms with van der Waals surface area (Å²) < 4.78 is 0.918. The van der Waals surface area contributed by atoms with Gasteiger partial charge in [0.1, 0.15) is 4.60 Å². The van der Waals surface area contributed by atoms with E-state index in [1.165, 1.54) is 0 Å². The minimum Gasteiger partial charge on any atom is -0.367 e. The molecule has 100 valence electrons. The molecule has 0 amide bonds. The average molecular weight is 359 g/mol. The molecule has 2 heterocycles. The highest BCUT2D eigenvalue weighted by atomic mass is 79.9. The van der Waals surface area contributed by atoms with Crippen LogP contribution in [0.4, 0.5) is 10.8 Å². The SMILES string of the molecule is Clc1ccccc1N1CCN(c2nc(Br)cs2)CC1. The Bertz CT molecular complexity index is 567. The van der Waals surface area contributed by atoms with Crippen LogP contribution in [-0.4, -0.2) is 31.2 Å². The number of anilines is 2. The zero-order valence-corrected chi connectivity index (χ0v) is 13.4. The lowest BCUT2D eigenvalue weighted by Gasteiger charge is -2.36. The third-order valence-corrected chi connectivity index (χ3v) is 5.14. The van der Waals surface area contributed by atoms with Gasteiger partial charge in [0.05, 0.1) is 10.7 Å². The molecular weight excluding hydrogens is 346 g/mol. The van der Waals surface area contributed by atoms with E-state index in [1.807, 2.05) is 23.6 Å². The van der Waals surface area contributed by atoms with Crippen LogP contribution < -0.4 is 9.80 Å². The summed E-state index contributed by atoms with van der Waals surface area (Å²) >= 11 is 11.3. The first kappa shape index (κ1) is 13.2. The second-order valence-corrected chi connectivity index (χ2v) is 6.43. The van der Waals surface area contributed by atoms with Crippen LogP contribution in [0, 0.1) is 0 Å². The highest BCUT2D eigenvalue weighted by Gasteiger charge is 2.20. The van der Waals surface area contributed by atoms with Crippen molar-refractivity contribution >= 4 is 49.7 Å². The standard InChI is InChI=1S/C13H13BrClN3S/c14-12-9-19-13(16-12)18-7-5-17(6-8-18)11-4-2-1-3-10(11)15/h1-4,9H,5-8H2. The zero-order chi connectivity index (χ0) is 13.2. The molecule has 0 unspecified atom stereocenters. The molecule has 1 fully saturated rings. The van der Waals surface area contributed by atoms with Gasteiger partial charge in [-0.05, 0) is 28.1 Å². The zero-order valence-electron chi connectivity index (χ0n) is 10.2. The quantitative estimate of drug-likeness (QED) is 0.812. The number of hydrogen-bond donors (Lipinski definition) is 0. The summed E-state index contributed by atoms with van der Waals surface area (Å²) in [6.45, 7) is 3.90. The smallest absolute Gasteiger partial charge is 0.186 e. The molecule has 3 nitrogen and oxygen atoms in total. The third kappa shape index (κ3) is 2.88. The topological polar surface area (TPSA) is 19.4 Å². The summed E-state index contributed by atoms with van der Waals surface area (Å²) in [5.74, 6) is 0. The fourth-order valence-corrected chi connectivity index (χ4v) is 3.80. The predicted octanol–water partition coefficient (Wildman–Crippen LogP) is 3.89. The summed E-state index contributed by atoms with van der Waals surface area (Å²) in [6, 6.07) is 8.03. The lowest BCUT2D eigenvalue weighted by Crippen LogP contribution is -2.46. The van der Waals surface area contributed by atoms with Gasteiger partial charge in [0.25, 0.3) is 0 Å². The minimum absolute atomic E-state index is 0.827. The number of hydrogen-bond acceptors (Lipinski definition) is 4. The van der Waals surface area contributed by atoms with Crippen LogP contribution in [0.3, 0.4) is 0 Å². The van der Waals surface area contributed by atoms with E-state index < -0.39 is 0 Å². The number of halogens is 2. The molecule has 0 radical (unpaired) electrons. The first-order chi connectivity index (χ1) is 9.24. The molecule has 0 aliphatic carbocycles. The Hall–Kier alpha value is -0.780. The summed E-state index contributed by atoms with van der Waals surface area (Å²) in [4.78, 5) is 9.12. The van der Waals surface area contributed by atoms with E-state index in [1.54, 1.807) is 11.3 Å². The second kappa shape index (κ2) is 5.69. The predicted molar refractivity (Wildman–Crippen MR) is 85.7 cm³/mol. The summed E-state index contributed by atoms with van der Waals surface area (Å²) in [7, 11) is 0. The van der Waals surface area contributed by atoms with E-state index in [-0.39, 0.29) is 0 Å². The summed E-state index contributed by atoms with van der Waals surface area (Å²) in [5.41, 5.74) is 1.13. The number of thiazole rings is 1. The fraction of sp³-hybridized carbons (Fsp3) is 0.308. The molecule has 0 saturated carbocycles. The van der Waals surface area contributed by atoms with Gasteiger partial charge in [0.2, 0.25) is 0 Å². The average Bonchev–Trinajstić information content (AvgIpc) is 2.86. The van der Waals surface area contributed by atoms with Gasteiger partial charge in [-0.15, -0.1) is 11.3 Å². The summed E-state index contributed by atoms with van der Waals surface area (Å²) in [5, 5.41) is 3.94. The van der Waals surface area contributed by atoms with Crippen molar-refractivity contribution in [3.05, 3.63) is 39.3 Å². The van der Waals surface area contributed by atoms with Crippen molar-refractivity contribution in [1.29, 1.82) is 0 Å². The number of rotatable bonds is 2. The lowest BCUT2D eigenvalue weighted by molar-refractivity contribution is 0.652. The maximum atomic E-state index is 6.24.